The predicted octanol–water partition coefficient (Wildman–Crippen LogP) is 3.54. The number of nitrogens with zero attached hydrogens (tertiary/aromatic N) is 4. The molecule has 1 aromatic heterocycles. The summed E-state index contributed by atoms with van der Waals surface area (Å²) in [7, 11) is 0. The van der Waals surface area contributed by atoms with E-state index in [4.69, 9.17) is 17.3 Å². The normalized spacial score (nSPS) is 18.3. The van der Waals surface area contributed by atoms with Crippen molar-refractivity contribution in [2.45, 2.75) is 38.3 Å². The van der Waals surface area contributed by atoms with E-state index in [0.29, 0.717) is 29.6 Å². The number of nitro groups is 1. The van der Waals surface area contributed by atoms with Gasteiger partial charge in [0.05, 0.1) is 4.92 Å². The van der Waals surface area contributed by atoms with Crippen LogP contribution in [0.5, 0.6) is 0 Å². The largest absolute Gasteiger partial charge is 0.384 e. The Morgan fingerprint density at radius 3 is 2.55 bits per heavy atom. The van der Waals surface area contributed by atoms with Crippen molar-refractivity contribution >= 4 is 34.7 Å². The van der Waals surface area contributed by atoms with Gasteiger partial charge in [-0.15, -0.1) is 0 Å². The highest BCUT2D eigenvalue weighted by molar-refractivity contribution is 6.30. The Labute approximate surface area is 198 Å². The minimum atomic E-state index is -0.428. The summed E-state index contributed by atoms with van der Waals surface area (Å²) >= 11 is 5.90. The molecule has 176 valence electrons. The summed E-state index contributed by atoms with van der Waals surface area (Å²) in [4.78, 5) is 32.3. The van der Waals surface area contributed by atoms with Crippen LogP contribution in [0.25, 0.3) is 0 Å². The third-order valence-electron chi connectivity index (χ3n) is 6.51. The lowest BCUT2D eigenvalue weighted by atomic mass is 9.93. The third-order valence-corrected chi connectivity index (χ3v) is 6.75. The number of anilines is 2. The fourth-order valence-corrected chi connectivity index (χ4v) is 4.86. The molecular formula is C23H29ClN6O3. The van der Waals surface area contributed by atoms with Crippen LogP contribution in [-0.2, 0) is 11.3 Å². The average molecular weight is 473 g/mol. The van der Waals surface area contributed by atoms with Crippen molar-refractivity contribution in [3.05, 3.63) is 57.2 Å². The van der Waals surface area contributed by atoms with Gasteiger partial charge in [0.2, 0.25) is 5.91 Å². The topological polar surface area (TPSA) is 118 Å². The Morgan fingerprint density at radius 2 is 1.88 bits per heavy atom. The van der Waals surface area contributed by atoms with E-state index in [1.807, 2.05) is 17.0 Å². The van der Waals surface area contributed by atoms with Gasteiger partial charge in [-0.25, -0.2) is 4.98 Å². The second-order valence-corrected chi connectivity index (χ2v) is 9.24. The number of halogens is 1. The minimum Gasteiger partial charge on any atom is -0.384 e. The van der Waals surface area contributed by atoms with Crippen molar-refractivity contribution in [1.29, 1.82) is 0 Å². The molecule has 1 aromatic carbocycles. The van der Waals surface area contributed by atoms with Gasteiger partial charge in [-0.05, 0) is 68.6 Å². The van der Waals surface area contributed by atoms with E-state index in [1.54, 1.807) is 18.3 Å². The van der Waals surface area contributed by atoms with Crippen LogP contribution >= 0.6 is 11.6 Å². The van der Waals surface area contributed by atoms with Crippen LogP contribution in [0.3, 0.4) is 0 Å². The summed E-state index contributed by atoms with van der Waals surface area (Å²) in [6.07, 6.45) is 4.95. The number of amides is 1. The number of pyridine rings is 1. The average Bonchev–Trinajstić information content (AvgIpc) is 2.81. The smallest absolute Gasteiger partial charge is 0.293 e. The summed E-state index contributed by atoms with van der Waals surface area (Å²) in [6, 6.07) is 8.61. The van der Waals surface area contributed by atoms with Crippen LogP contribution in [-0.4, -0.2) is 57.8 Å². The van der Waals surface area contributed by atoms with Crippen molar-refractivity contribution in [3.8, 4) is 0 Å². The van der Waals surface area contributed by atoms with Crippen molar-refractivity contribution in [2.75, 3.05) is 37.2 Å². The fraction of sp³-hybridized carbons (Fsp3) is 0.478. The molecule has 0 bridgehead atoms. The fourth-order valence-electron chi connectivity index (χ4n) is 4.69. The minimum absolute atomic E-state index is 0.0257. The molecule has 2 aliphatic rings. The highest BCUT2D eigenvalue weighted by Gasteiger charge is 2.31. The maximum Gasteiger partial charge on any atom is 0.293 e. The van der Waals surface area contributed by atoms with Gasteiger partial charge < -0.3 is 16.0 Å². The van der Waals surface area contributed by atoms with E-state index >= 15 is 0 Å². The van der Waals surface area contributed by atoms with E-state index in [0.717, 1.165) is 50.9 Å². The number of aromatic nitrogens is 1. The number of hydrogen-bond donors (Lipinski definition) is 2. The number of piperidine rings is 2. The molecule has 0 spiro atoms. The zero-order valence-corrected chi connectivity index (χ0v) is 19.2. The number of carbonyl (C=O) groups excluding carboxylic acids is 1. The molecule has 3 N–H and O–H groups in total. The van der Waals surface area contributed by atoms with Crippen LogP contribution in [0.1, 0.15) is 31.2 Å². The molecule has 3 heterocycles. The number of carbonyl (C=O) groups is 1. The molecule has 2 aromatic rings. The van der Waals surface area contributed by atoms with Crippen molar-refractivity contribution < 1.29 is 9.72 Å². The number of nitrogen functional groups attached to an aromatic ring is 1. The molecule has 0 saturated carbocycles. The highest BCUT2D eigenvalue weighted by Crippen LogP contribution is 2.30. The summed E-state index contributed by atoms with van der Waals surface area (Å²) in [5, 5.41) is 14.9. The third kappa shape index (κ3) is 5.91. The molecule has 0 atom stereocenters. The molecule has 33 heavy (non-hydrogen) atoms. The monoisotopic (exact) mass is 472 g/mol. The number of nitrogens with two attached hydrogens (primary N) is 1. The molecule has 1 amide bonds. The maximum absolute atomic E-state index is 13.1. The van der Waals surface area contributed by atoms with E-state index < -0.39 is 4.92 Å². The molecule has 2 saturated heterocycles. The van der Waals surface area contributed by atoms with Crippen LogP contribution in [0.4, 0.5) is 17.2 Å². The van der Waals surface area contributed by atoms with Gasteiger partial charge in [0.15, 0.2) is 0 Å². The number of rotatable bonds is 6. The second kappa shape index (κ2) is 10.4. The van der Waals surface area contributed by atoms with Crippen LogP contribution in [0.15, 0.2) is 36.5 Å². The van der Waals surface area contributed by atoms with Gasteiger partial charge in [0.25, 0.3) is 5.69 Å². The first-order valence-electron chi connectivity index (χ1n) is 11.3. The first-order valence-corrected chi connectivity index (χ1v) is 11.7. The Bertz CT molecular complexity index is 1000. The van der Waals surface area contributed by atoms with Gasteiger partial charge in [0, 0.05) is 48.9 Å². The van der Waals surface area contributed by atoms with Gasteiger partial charge in [-0.2, -0.15) is 0 Å². The lowest BCUT2D eigenvalue weighted by molar-refractivity contribution is -0.384. The predicted molar refractivity (Wildman–Crippen MR) is 128 cm³/mol. The molecule has 0 radical (unpaired) electrons. The molecule has 2 aliphatic heterocycles. The summed E-state index contributed by atoms with van der Waals surface area (Å²) < 4.78 is 0. The maximum atomic E-state index is 13.1. The quantitative estimate of drug-likeness (QED) is 0.487. The number of likely N-dealkylation sites (tertiary alicyclic amines) is 2. The van der Waals surface area contributed by atoms with E-state index in [-0.39, 0.29) is 23.6 Å². The van der Waals surface area contributed by atoms with Gasteiger partial charge in [-0.3, -0.25) is 19.8 Å². The van der Waals surface area contributed by atoms with Crippen molar-refractivity contribution in [1.82, 2.24) is 14.8 Å². The van der Waals surface area contributed by atoms with E-state index in [1.165, 1.54) is 6.07 Å². The molecular weight excluding hydrogens is 444 g/mol. The number of nitrogens with one attached hydrogen (secondary N) is 1. The van der Waals surface area contributed by atoms with Crippen molar-refractivity contribution in [3.63, 3.8) is 0 Å². The zero-order chi connectivity index (χ0) is 23.4. The lowest BCUT2D eigenvalue weighted by Crippen LogP contribution is -2.47. The molecule has 10 heteroatoms. The molecule has 0 unspecified atom stereocenters. The summed E-state index contributed by atoms with van der Waals surface area (Å²) in [5.74, 6) is 0.825. The SMILES string of the molecule is Nc1cc(CN2CCC(C(=O)N3CCC(Nc4ccc(Cl)cc4[N+](=O)[O-])CC3)CC2)ccn1. The highest BCUT2D eigenvalue weighted by atomic mass is 35.5. The molecule has 2 fully saturated rings. The number of nitro benzene ring substituents is 1. The lowest BCUT2D eigenvalue weighted by Gasteiger charge is -2.37. The standard InChI is InChI=1S/C23H29ClN6O3/c24-18-1-2-20(21(14-18)30(32)33)27-19-6-11-29(12-7-19)23(31)17-4-9-28(10-5-17)15-16-3-8-26-22(25)13-16/h1-3,8,13-14,17,19,27H,4-7,9-12,15H2,(H2,25,26). The molecule has 0 aliphatic carbocycles. The summed E-state index contributed by atoms with van der Waals surface area (Å²) in [6.45, 7) is 3.91. The second-order valence-electron chi connectivity index (χ2n) is 8.80. The first kappa shape index (κ1) is 23.3. The van der Waals surface area contributed by atoms with E-state index in [9.17, 15) is 14.9 Å². The Morgan fingerprint density at radius 1 is 1.15 bits per heavy atom. The zero-order valence-electron chi connectivity index (χ0n) is 18.5. The Kier molecular flexibility index (Phi) is 7.29. The van der Waals surface area contributed by atoms with Gasteiger partial charge >= 0.3 is 0 Å². The number of hydrogen-bond acceptors (Lipinski definition) is 7. The van der Waals surface area contributed by atoms with Crippen molar-refractivity contribution in [2.24, 2.45) is 5.92 Å². The molecule has 9 nitrogen and oxygen atoms in total. The van der Waals surface area contributed by atoms with Crippen LogP contribution in [0.2, 0.25) is 5.02 Å². The van der Waals surface area contributed by atoms with Gasteiger partial charge in [-0.1, -0.05) is 11.6 Å². The summed E-state index contributed by atoms with van der Waals surface area (Å²) in [5.41, 5.74) is 7.35. The van der Waals surface area contributed by atoms with Crippen LogP contribution < -0.4 is 11.1 Å². The first-order chi connectivity index (χ1) is 15.9. The Balaban J connectivity index is 1.24. The van der Waals surface area contributed by atoms with E-state index in [2.05, 4.69) is 15.2 Å². The molecule has 4 rings (SSSR count). The number of benzene rings is 1. The van der Waals surface area contributed by atoms with Gasteiger partial charge in [0.1, 0.15) is 11.5 Å². The Hall–Kier alpha value is -2.91. The van der Waals surface area contributed by atoms with Crippen LogP contribution in [0, 0.1) is 16.0 Å².